The summed E-state index contributed by atoms with van der Waals surface area (Å²) in [7, 11) is 0. The maximum atomic E-state index is 11.9. The van der Waals surface area contributed by atoms with Crippen molar-refractivity contribution in [1.29, 1.82) is 0 Å². The van der Waals surface area contributed by atoms with Crippen LogP contribution in [0, 0.1) is 5.92 Å². The zero-order valence-electron chi connectivity index (χ0n) is 11.0. The second-order valence-corrected chi connectivity index (χ2v) is 5.76. The van der Waals surface area contributed by atoms with Crippen LogP contribution in [0.3, 0.4) is 0 Å². The fourth-order valence-electron chi connectivity index (χ4n) is 2.99. The van der Waals surface area contributed by atoms with Crippen LogP contribution in [0.2, 0.25) is 0 Å². The summed E-state index contributed by atoms with van der Waals surface area (Å²) in [5.41, 5.74) is 6.12. The molecule has 6 heteroatoms. The largest absolute Gasteiger partial charge is 0.411 e. The van der Waals surface area contributed by atoms with E-state index in [2.05, 4.69) is 4.74 Å². The maximum Gasteiger partial charge on any atom is 0.411 e. The number of hydrogen-bond donors (Lipinski definition) is 1. The smallest absolute Gasteiger partial charge is 0.375 e. The molecule has 2 aliphatic rings. The third-order valence-electron chi connectivity index (χ3n) is 4.26. The van der Waals surface area contributed by atoms with Gasteiger partial charge in [0, 0.05) is 19.3 Å². The van der Waals surface area contributed by atoms with Gasteiger partial charge in [0.1, 0.15) is 6.61 Å². The van der Waals surface area contributed by atoms with Gasteiger partial charge in [-0.15, -0.1) is 0 Å². The van der Waals surface area contributed by atoms with E-state index >= 15 is 0 Å². The van der Waals surface area contributed by atoms with Gasteiger partial charge < -0.3 is 15.2 Å². The summed E-state index contributed by atoms with van der Waals surface area (Å²) in [6.45, 7) is -0.385. The molecule has 2 atom stereocenters. The number of hydrogen-bond acceptors (Lipinski definition) is 3. The lowest BCUT2D eigenvalue weighted by Gasteiger charge is -2.48. The number of halogens is 3. The summed E-state index contributed by atoms with van der Waals surface area (Å²) in [5, 5.41) is 0. The Morgan fingerprint density at radius 3 is 2.68 bits per heavy atom. The zero-order valence-corrected chi connectivity index (χ0v) is 11.0. The Balaban J connectivity index is 1.66. The quantitative estimate of drug-likeness (QED) is 0.788. The lowest BCUT2D eigenvalue weighted by Crippen LogP contribution is -2.49. The van der Waals surface area contributed by atoms with Gasteiger partial charge >= 0.3 is 6.18 Å². The third kappa shape index (κ3) is 4.33. The first-order chi connectivity index (χ1) is 8.90. The molecular weight excluding hydrogens is 259 g/mol. The summed E-state index contributed by atoms with van der Waals surface area (Å²) < 4.78 is 46.2. The van der Waals surface area contributed by atoms with Crippen LogP contribution in [0.25, 0.3) is 0 Å². The molecule has 1 saturated heterocycles. The molecule has 0 aromatic heterocycles. The Hall–Kier alpha value is -0.330. The van der Waals surface area contributed by atoms with Gasteiger partial charge in [-0.3, -0.25) is 0 Å². The van der Waals surface area contributed by atoms with E-state index in [1.54, 1.807) is 0 Å². The van der Waals surface area contributed by atoms with E-state index in [1.807, 2.05) is 0 Å². The molecule has 0 radical (unpaired) electrons. The molecule has 2 unspecified atom stereocenters. The Morgan fingerprint density at radius 2 is 2.11 bits per heavy atom. The van der Waals surface area contributed by atoms with Gasteiger partial charge in [0.25, 0.3) is 0 Å². The van der Waals surface area contributed by atoms with E-state index in [9.17, 15) is 13.2 Å². The summed E-state index contributed by atoms with van der Waals surface area (Å²) >= 11 is 0. The number of alkyl halides is 3. The predicted molar refractivity (Wildman–Crippen MR) is 64.7 cm³/mol. The number of ether oxygens (including phenoxy) is 2. The number of nitrogens with two attached hydrogens (primary N) is 1. The molecule has 1 aliphatic heterocycles. The Morgan fingerprint density at radius 1 is 1.37 bits per heavy atom. The molecular formula is C13H22F3NO2. The molecule has 2 rings (SSSR count). The normalized spacial score (nSPS) is 28.1. The maximum absolute atomic E-state index is 11.9. The molecule has 1 spiro atoms. The predicted octanol–water partition coefficient (Wildman–Crippen LogP) is 2.63. The zero-order chi connectivity index (χ0) is 13.9. The van der Waals surface area contributed by atoms with Crippen molar-refractivity contribution >= 4 is 0 Å². The van der Waals surface area contributed by atoms with Crippen LogP contribution in [0.15, 0.2) is 0 Å². The highest BCUT2D eigenvalue weighted by molar-refractivity contribution is 4.96. The topological polar surface area (TPSA) is 44.5 Å². The van der Waals surface area contributed by atoms with Crippen LogP contribution in [0.1, 0.15) is 38.5 Å². The minimum Gasteiger partial charge on any atom is -0.375 e. The molecule has 2 fully saturated rings. The molecule has 3 nitrogen and oxygen atoms in total. The minimum absolute atomic E-state index is 0.0351. The van der Waals surface area contributed by atoms with Crippen LogP contribution in [0.4, 0.5) is 13.2 Å². The van der Waals surface area contributed by atoms with Crippen molar-refractivity contribution in [3.63, 3.8) is 0 Å². The first kappa shape index (κ1) is 15.1. The van der Waals surface area contributed by atoms with Gasteiger partial charge in [-0.25, -0.2) is 0 Å². The van der Waals surface area contributed by atoms with E-state index in [1.165, 1.54) is 6.42 Å². The second-order valence-electron chi connectivity index (χ2n) is 5.76. The first-order valence-corrected chi connectivity index (χ1v) is 6.94. The monoisotopic (exact) mass is 281 g/mol. The van der Waals surface area contributed by atoms with Crippen molar-refractivity contribution in [2.45, 2.75) is 56.3 Å². The van der Waals surface area contributed by atoms with Crippen molar-refractivity contribution in [2.24, 2.45) is 11.7 Å². The number of rotatable bonds is 5. The molecule has 0 amide bonds. The lowest BCUT2D eigenvalue weighted by molar-refractivity contribution is -0.175. The van der Waals surface area contributed by atoms with Crippen LogP contribution < -0.4 is 5.73 Å². The van der Waals surface area contributed by atoms with Crippen molar-refractivity contribution in [3.05, 3.63) is 0 Å². The molecule has 0 aromatic carbocycles. The lowest BCUT2D eigenvalue weighted by atomic mass is 9.70. The van der Waals surface area contributed by atoms with Gasteiger partial charge in [-0.1, -0.05) is 0 Å². The highest BCUT2D eigenvalue weighted by Gasteiger charge is 2.43. The Labute approximate surface area is 111 Å². The van der Waals surface area contributed by atoms with Crippen LogP contribution in [0.5, 0.6) is 0 Å². The molecule has 1 aliphatic carbocycles. The molecule has 2 N–H and O–H groups in total. The van der Waals surface area contributed by atoms with E-state index in [4.69, 9.17) is 10.5 Å². The molecule has 1 saturated carbocycles. The first-order valence-electron chi connectivity index (χ1n) is 6.94. The van der Waals surface area contributed by atoms with Gasteiger partial charge in [0.05, 0.1) is 5.60 Å². The Kier molecular flexibility index (Phi) is 4.74. The highest BCUT2D eigenvalue weighted by Crippen LogP contribution is 2.44. The van der Waals surface area contributed by atoms with Crippen molar-refractivity contribution in [1.82, 2.24) is 0 Å². The molecule has 0 bridgehead atoms. The Bertz CT molecular complexity index is 292. The third-order valence-corrected chi connectivity index (χ3v) is 4.26. The molecule has 19 heavy (non-hydrogen) atoms. The molecule has 1 heterocycles. The average molecular weight is 281 g/mol. The summed E-state index contributed by atoms with van der Waals surface area (Å²) in [6.07, 6.45) is 1.49. The van der Waals surface area contributed by atoms with Gasteiger partial charge in [0.2, 0.25) is 0 Å². The minimum atomic E-state index is -4.25. The SMILES string of the molecule is NC(CCOCC(F)(F)F)C1CCOC2(CCC2)C1. The molecule has 0 aromatic rings. The molecule has 112 valence electrons. The van der Waals surface area contributed by atoms with E-state index < -0.39 is 12.8 Å². The standard InChI is InChI=1S/C13H22F3NO2/c14-13(15,16)9-18-6-3-11(17)10-2-7-19-12(8-10)4-1-5-12/h10-11H,1-9,17H2. The van der Waals surface area contributed by atoms with Crippen molar-refractivity contribution in [3.8, 4) is 0 Å². The van der Waals surface area contributed by atoms with Gasteiger partial charge in [0.15, 0.2) is 0 Å². The van der Waals surface area contributed by atoms with Crippen LogP contribution >= 0.6 is 0 Å². The van der Waals surface area contributed by atoms with E-state index in [0.29, 0.717) is 12.3 Å². The van der Waals surface area contributed by atoms with Crippen LogP contribution in [-0.4, -0.2) is 37.6 Å². The van der Waals surface area contributed by atoms with Crippen LogP contribution in [-0.2, 0) is 9.47 Å². The highest BCUT2D eigenvalue weighted by atomic mass is 19.4. The second kappa shape index (κ2) is 5.97. The fourth-order valence-corrected chi connectivity index (χ4v) is 2.99. The van der Waals surface area contributed by atoms with Gasteiger partial charge in [-0.2, -0.15) is 13.2 Å². The summed E-state index contributed by atoms with van der Waals surface area (Å²) in [6, 6.07) is -0.0883. The van der Waals surface area contributed by atoms with E-state index in [0.717, 1.165) is 32.3 Å². The van der Waals surface area contributed by atoms with E-state index in [-0.39, 0.29) is 18.2 Å². The summed E-state index contributed by atoms with van der Waals surface area (Å²) in [5.74, 6) is 0.350. The summed E-state index contributed by atoms with van der Waals surface area (Å²) in [4.78, 5) is 0. The van der Waals surface area contributed by atoms with Crippen molar-refractivity contribution in [2.75, 3.05) is 19.8 Å². The van der Waals surface area contributed by atoms with Crippen molar-refractivity contribution < 1.29 is 22.6 Å². The fraction of sp³-hybridized carbons (Fsp3) is 1.00. The van der Waals surface area contributed by atoms with Gasteiger partial charge in [-0.05, 0) is 44.4 Å². The average Bonchev–Trinajstić information content (AvgIpc) is 2.31.